The Balaban J connectivity index is 1.75. The van der Waals surface area contributed by atoms with E-state index in [2.05, 4.69) is 15.0 Å². The fourth-order valence-corrected chi connectivity index (χ4v) is 3.50. The highest BCUT2D eigenvalue weighted by molar-refractivity contribution is 7.14. The minimum Gasteiger partial charge on any atom is -0.454 e. The summed E-state index contributed by atoms with van der Waals surface area (Å²) in [6, 6.07) is 5.88. The highest BCUT2D eigenvalue weighted by atomic mass is 32.1. The molecule has 1 aromatic carbocycles. The first kappa shape index (κ1) is 19.6. The van der Waals surface area contributed by atoms with Gasteiger partial charge in [-0.25, -0.2) is 14.8 Å². The quantitative estimate of drug-likeness (QED) is 0.608. The van der Waals surface area contributed by atoms with Crippen molar-refractivity contribution in [2.75, 3.05) is 4.90 Å². The van der Waals surface area contributed by atoms with E-state index < -0.39 is 5.97 Å². The summed E-state index contributed by atoms with van der Waals surface area (Å²) in [5, 5.41) is 2.30. The van der Waals surface area contributed by atoms with Gasteiger partial charge in [0.15, 0.2) is 10.8 Å². The Hall–Kier alpha value is -3.13. The molecule has 0 bridgehead atoms. The first-order valence-corrected chi connectivity index (χ1v) is 9.51. The zero-order chi connectivity index (χ0) is 20.3. The molecule has 1 amide bonds. The molecule has 2 aromatic heterocycles. The Kier molecular flexibility index (Phi) is 5.79. The molecule has 28 heavy (non-hydrogen) atoms. The van der Waals surface area contributed by atoms with Crippen molar-refractivity contribution in [3.05, 3.63) is 64.2 Å². The van der Waals surface area contributed by atoms with Crippen LogP contribution in [-0.4, -0.2) is 26.8 Å². The van der Waals surface area contributed by atoms with Crippen LogP contribution in [0.25, 0.3) is 0 Å². The largest absolute Gasteiger partial charge is 0.454 e. The minimum atomic E-state index is -0.570. The van der Waals surface area contributed by atoms with Crippen LogP contribution in [0.15, 0.2) is 36.0 Å². The molecule has 7 nitrogen and oxygen atoms in total. The first-order valence-electron chi connectivity index (χ1n) is 8.63. The Morgan fingerprint density at radius 3 is 2.57 bits per heavy atom. The number of aryl methyl sites for hydroxylation is 3. The van der Waals surface area contributed by atoms with Gasteiger partial charge in [0.1, 0.15) is 6.61 Å². The summed E-state index contributed by atoms with van der Waals surface area (Å²) in [5.41, 5.74) is 4.31. The normalized spacial score (nSPS) is 10.6. The topological polar surface area (TPSA) is 85.3 Å². The van der Waals surface area contributed by atoms with Gasteiger partial charge in [0.05, 0.1) is 23.3 Å². The second-order valence-electron chi connectivity index (χ2n) is 6.38. The van der Waals surface area contributed by atoms with Gasteiger partial charge in [0.25, 0.3) is 0 Å². The van der Waals surface area contributed by atoms with Crippen molar-refractivity contribution in [3.8, 4) is 0 Å². The Morgan fingerprint density at radius 2 is 1.93 bits per heavy atom. The molecule has 0 aliphatic rings. The third kappa shape index (κ3) is 4.40. The van der Waals surface area contributed by atoms with Crippen molar-refractivity contribution in [3.63, 3.8) is 0 Å². The van der Waals surface area contributed by atoms with E-state index >= 15 is 0 Å². The number of benzene rings is 1. The maximum absolute atomic E-state index is 12.3. The number of nitrogens with zero attached hydrogens (tertiary/aromatic N) is 4. The van der Waals surface area contributed by atoms with Gasteiger partial charge >= 0.3 is 5.97 Å². The predicted octanol–water partition coefficient (Wildman–Crippen LogP) is 3.90. The average molecular weight is 396 g/mol. The molecule has 0 saturated heterocycles. The number of hydrogen-bond donors (Lipinski definition) is 0. The maximum Gasteiger partial charge on any atom is 0.358 e. The van der Waals surface area contributed by atoms with Crippen molar-refractivity contribution in [1.82, 2.24) is 15.0 Å². The van der Waals surface area contributed by atoms with E-state index in [1.54, 1.807) is 17.2 Å². The zero-order valence-electron chi connectivity index (χ0n) is 16.1. The molecule has 3 rings (SSSR count). The monoisotopic (exact) mass is 396 g/mol. The van der Waals surface area contributed by atoms with Crippen molar-refractivity contribution < 1.29 is 14.3 Å². The lowest BCUT2D eigenvalue weighted by atomic mass is 10.1. The number of carbonyl (C=O) groups excluding carboxylic acids is 2. The molecule has 0 fully saturated rings. The summed E-state index contributed by atoms with van der Waals surface area (Å²) in [6.45, 7) is 7.23. The minimum absolute atomic E-state index is 0.0104. The molecule has 0 radical (unpaired) electrons. The summed E-state index contributed by atoms with van der Waals surface area (Å²) in [7, 11) is 0. The van der Waals surface area contributed by atoms with E-state index in [1.807, 2.05) is 32.0 Å². The lowest BCUT2D eigenvalue weighted by molar-refractivity contribution is -0.115. The third-order valence-electron chi connectivity index (χ3n) is 3.98. The third-order valence-corrected chi connectivity index (χ3v) is 4.85. The SMILES string of the molecule is CC(=O)N(c1nc(COC(=O)c2cnc(C)cn2)cs1)c1ccc(C)cc1C. The predicted molar refractivity (Wildman–Crippen MR) is 107 cm³/mol. The first-order chi connectivity index (χ1) is 13.3. The number of carbonyl (C=O) groups is 2. The average Bonchev–Trinajstić information content (AvgIpc) is 3.10. The number of esters is 1. The maximum atomic E-state index is 12.3. The lowest BCUT2D eigenvalue weighted by Gasteiger charge is -2.20. The Labute approximate surface area is 167 Å². The van der Waals surface area contributed by atoms with Crippen molar-refractivity contribution in [2.24, 2.45) is 0 Å². The molecule has 8 heteroatoms. The van der Waals surface area contributed by atoms with Gasteiger partial charge in [-0.2, -0.15) is 0 Å². The Morgan fingerprint density at radius 1 is 1.14 bits per heavy atom. The van der Waals surface area contributed by atoms with Crippen LogP contribution in [0.3, 0.4) is 0 Å². The summed E-state index contributed by atoms with van der Waals surface area (Å²) >= 11 is 1.32. The highest BCUT2D eigenvalue weighted by Crippen LogP contribution is 2.31. The number of ether oxygens (including phenoxy) is 1. The van der Waals surface area contributed by atoms with Crippen molar-refractivity contribution in [2.45, 2.75) is 34.3 Å². The summed E-state index contributed by atoms with van der Waals surface area (Å²) in [5.74, 6) is -0.709. The standard InChI is InChI=1S/C20H20N4O3S/c1-12-5-6-18(13(2)7-12)24(15(4)25)20-23-16(11-28-20)10-27-19(26)17-9-21-14(3)8-22-17/h5-9,11H,10H2,1-4H3. The van der Waals surface area contributed by atoms with Crippen LogP contribution in [0.1, 0.15) is 39.9 Å². The second kappa shape index (κ2) is 8.26. The highest BCUT2D eigenvalue weighted by Gasteiger charge is 2.20. The molecule has 144 valence electrons. The summed E-state index contributed by atoms with van der Waals surface area (Å²) in [4.78, 5) is 38.4. The second-order valence-corrected chi connectivity index (χ2v) is 7.22. The van der Waals surface area contributed by atoms with E-state index in [-0.39, 0.29) is 18.2 Å². The number of thiazole rings is 1. The van der Waals surface area contributed by atoms with Crippen LogP contribution in [0.2, 0.25) is 0 Å². The van der Waals surface area contributed by atoms with E-state index in [9.17, 15) is 9.59 Å². The van der Waals surface area contributed by atoms with E-state index in [0.717, 1.165) is 22.5 Å². The van der Waals surface area contributed by atoms with Gasteiger partial charge < -0.3 is 4.74 Å². The summed E-state index contributed by atoms with van der Waals surface area (Å²) in [6.07, 6.45) is 2.88. The molecule has 0 aliphatic carbocycles. The van der Waals surface area contributed by atoms with Crippen LogP contribution in [-0.2, 0) is 16.1 Å². The smallest absolute Gasteiger partial charge is 0.358 e. The van der Waals surface area contributed by atoms with Gasteiger partial charge in [-0.15, -0.1) is 11.3 Å². The molecule has 0 N–H and O–H groups in total. The molecule has 0 unspecified atom stereocenters. The van der Waals surface area contributed by atoms with Gasteiger partial charge in [-0.3, -0.25) is 14.7 Å². The number of rotatable bonds is 5. The van der Waals surface area contributed by atoms with Crippen LogP contribution >= 0.6 is 11.3 Å². The molecule has 3 aromatic rings. The number of hydrogen-bond acceptors (Lipinski definition) is 7. The molecule has 0 atom stereocenters. The molecule has 2 heterocycles. The van der Waals surface area contributed by atoms with Gasteiger partial charge in [0.2, 0.25) is 5.91 Å². The van der Waals surface area contributed by atoms with E-state index in [4.69, 9.17) is 4.74 Å². The van der Waals surface area contributed by atoms with E-state index in [1.165, 1.54) is 30.7 Å². The molecular weight excluding hydrogens is 376 g/mol. The number of amides is 1. The van der Waals surface area contributed by atoms with Gasteiger partial charge in [0, 0.05) is 18.5 Å². The van der Waals surface area contributed by atoms with Crippen LogP contribution in [0.5, 0.6) is 0 Å². The Bertz CT molecular complexity index is 1010. The molecular formula is C20H20N4O3S. The molecule has 0 spiro atoms. The van der Waals surface area contributed by atoms with Gasteiger partial charge in [-0.1, -0.05) is 17.7 Å². The van der Waals surface area contributed by atoms with Gasteiger partial charge in [-0.05, 0) is 32.4 Å². The lowest BCUT2D eigenvalue weighted by Crippen LogP contribution is -2.23. The van der Waals surface area contributed by atoms with Crippen LogP contribution in [0.4, 0.5) is 10.8 Å². The fraction of sp³-hybridized carbons (Fsp3) is 0.250. The number of aromatic nitrogens is 3. The van der Waals surface area contributed by atoms with Crippen LogP contribution in [0, 0.1) is 20.8 Å². The molecule has 0 aliphatic heterocycles. The molecule has 0 saturated carbocycles. The zero-order valence-corrected chi connectivity index (χ0v) is 16.9. The summed E-state index contributed by atoms with van der Waals surface area (Å²) < 4.78 is 5.25. The van der Waals surface area contributed by atoms with Crippen LogP contribution < -0.4 is 4.90 Å². The fourth-order valence-electron chi connectivity index (χ4n) is 2.64. The van der Waals surface area contributed by atoms with E-state index in [0.29, 0.717) is 10.8 Å². The van der Waals surface area contributed by atoms with Crippen molar-refractivity contribution in [1.29, 1.82) is 0 Å². The van der Waals surface area contributed by atoms with Crippen molar-refractivity contribution >= 4 is 34.0 Å². The number of anilines is 2.